The molecule has 136 valence electrons. The van der Waals surface area contributed by atoms with Crippen molar-refractivity contribution in [2.24, 2.45) is 0 Å². The second-order valence-electron chi connectivity index (χ2n) is 5.93. The highest BCUT2D eigenvalue weighted by molar-refractivity contribution is 5.89. The lowest BCUT2D eigenvalue weighted by atomic mass is 10.2. The zero-order valence-electron chi connectivity index (χ0n) is 15.2. The Kier molecular flexibility index (Phi) is 10.3. The van der Waals surface area contributed by atoms with Crippen molar-refractivity contribution in [3.8, 4) is 0 Å². The SMILES string of the molecule is CCCOC(C)COC(C)COC(C)COC(=O)c1ccccc1. The second kappa shape index (κ2) is 12.0. The highest BCUT2D eigenvalue weighted by Gasteiger charge is 2.12. The summed E-state index contributed by atoms with van der Waals surface area (Å²) in [4.78, 5) is 11.8. The molecule has 0 bridgehead atoms. The molecule has 0 saturated heterocycles. The van der Waals surface area contributed by atoms with E-state index in [9.17, 15) is 4.79 Å². The van der Waals surface area contributed by atoms with Crippen LogP contribution in [0.25, 0.3) is 0 Å². The Balaban J connectivity index is 2.14. The van der Waals surface area contributed by atoms with E-state index in [4.69, 9.17) is 18.9 Å². The van der Waals surface area contributed by atoms with Gasteiger partial charge < -0.3 is 18.9 Å². The van der Waals surface area contributed by atoms with Crippen LogP contribution in [0.15, 0.2) is 30.3 Å². The molecular formula is C19H30O5. The number of carbonyl (C=O) groups is 1. The predicted molar refractivity (Wildman–Crippen MR) is 93.3 cm³/mol. The number of ether oxygens (including phenoxy) is 4. The first-order valence-corrected chi connectivity index (χ1v) is 8.59. The molecule has 0 heterocycles. The van der Waals surface area contributed by atoms with Crippen LogP contribution in [0.2, 0.25) is 0 Å². The average molecular weight is 338 g/mol. The lowest BCUT2D eigenvalue weighted by Gasteiger charge is -2.20. The Labute approximate surface area is 145 Å². The maximum Gasteiger partial charge on any atom is 0.338 e. The lowest BCUT2D eigenvalue weighted by molar-refractivity contribution is -0.0758. The molecule has 0 aliphatic carbocycles. The summed E-state index contributed by atoms with van der Waals surface area (Å²) in [6.07, 6.45) is 0.862. The van der Waals surface area contributed by atoms with E-state index >= 15 is 0 Å². The largest absolute Gasteiger partial charge is 0.459 e. The summed E-state index contributed by atoms with van der Waals surface area (Å²) < 4.78 is 22.1. The van der Waals surface area contributed by atoms with E-state index in [0.717, 1.165) is 13.0 Å². The molecule has 1 rings (SSSR count). The fourth-order valence-electron chi connectivity index (χ4n) is 1.91. The molecule has 5 heteroatoms. The van der Waals surface area contributed by atoms with Gasteiger partial charge in [0.15, 0.2) is 0 Å². The molecule has 0 fully saturated rings. The van der Waals surface area contributed by atoms with Gasteiger partial charge in [-0.15, -0.1) is 0 Å². The maximum atomic E-state index is 11.8. The van der Waals surface area contributed by atoms with Gasteiger partial charge in [0.1, 0.15) is 6.61 Å². The van der Waals surface area contributed by atoms with Crippen molar-refractivity contribution in [2.45, 2.75) is 52.4 Å². The summed E-state index contributed by atoms with van der Waals surface area (Å²) in [5, 5.41) is 0. The monoisotopic (exact) mass is 338 g/mol. The number of benzene rings is 1. The Morgan fingerprint density at radius 2 is 1.42 bits per heavy atom. The standard InChI is InChI=1S/C19H30O5/c1-5-11-21-15(2)12-22-16(3)13-23-17(4)14-24-19(20)18-9-7-6-8-10-18/h6-10,15-17H,5,11-14H2,1-4H3. The maximum absolute atomic E-state index is 11.8. The summed E-state index contributed by atoms with van der Waals surface area (Å²) in [6.45, 7) is 9.86. The fourth-order valence-corrected chi connectivity index (χ4v) is 1.91. The van der Waals surface area contributed by atoms with Crippen LogP contribution in [0.4, 0.5) is 0 Å². The molecule has 0 aromatic heterocycles. The molecule has 1 aromatic carbocycles. The first kappa shape index (κ1) is 20.6. The van der Waals surface area contributed by atoms with Crippen molar-refractivity contribution in [3.63, 3.8) is 0 Å². The van der Waals surface area contributed by atoms with Crippen LogP contribution in [0, 0.1) is 0 Å². The van der Waals surface area contributed by atoms with Crippen molar-refractivity contribution < 1.29 is 23.7 Å². The number of esters is 1. The molecule has 5 nitrogen and oxygen atoms in total. The fraction of sp³-hybridized carbons (Fsp3) is 0.632. The van der Waals surface area contributed by atoms with Crippen molar-refractivity contribution in [2.75, 3.05) is 26.4 Å². The molecule has 0 aliphatic heterocycles. The van der Waals surface area contributed by atoms with E-state index in [-0.39, 0.29) is 30.9 Å². The normalized spacial score (nSPS) is 14.8. The molecular weight excluding hydrogens is 308 g/mol. The Hall–Kier alpha value is -1.43. The molecule has 0 spiro atoms. The molecule has 0 saturated carbocycles. The van der Waals surface area contributed by atoms with Gasteiger partial charge in [-0.05, 0) is 39.3 Å². The van der Waals surface area contributed by atoms with E-state index in [1.54, 1.807) is 24.3 Å². The van der Waals surface area contributed by atoms with Crippen LogP contribution in [-0.4, -0.2) is 50.7 Å². The van der Waals surface area contributed by atoms with Crippen molar-refractivity contribution in [3.05, 3.63) is 35.9 Å². The molecule has 0 amide bonds. The van der Waals surface area contributed by atoms with E-state index in [0.29, 0.717) is 18.8 Å². The lowest BCUT2D eigenvalue weighted by Crippen LogP contribution is -2.27. The highest BCUT2D eigenvalue weighted by atomic mass is 16.6. The third-order valence-electron chi connectivity index (χ3n) is 3.30. The first-order valence-electron chi connectivity index (χ1n) is 8.59. The number of hydrogen-bond donors (Lipinski definition) is 0. The number of carbonyl (C=O) groups excluding carboxylic acids is 1. The van der Waals surface area contributed by atoms with Crippen LogP contribution < -0.4 is 0 Å². The van der Waals surface area contributed by atoms with Crippen LogP contribution in [0.5, 0.6) is 0 Å². The molecule has 3 atom stereocenters. The minimum Gasteiger partial charge on any atom is -0.459 e. The summed E-state index contributed by atoms with van der Waals surface area (Å²) in [6, 6.07) is 8.93. The van der Waals surface area contributed by atoms with Gasteiger partial charge in [0, 0.05) is 6.61 Å². The molecule has 24 heavy (non-hydrogen) atoms. The molecule has 0 N–H and O–H groups in total. The van der Waals surface area contributed by atoms with E-state index < -0.39 is 0 Å². The minimum absolute atomic E-state index is 0.0371. The van der Waals surface area contributed by atoms with Gasteiger partial charge in [0.2, 0.25) is 0 Å². The van der Waals surface area contributed by atoms with E-state index in [1.807, 2.05) is 26.8 Å². The first-order chi connectivity index (χ1) is 11.5. The van der Waals surface area contributed by atoms with Crippen LogP contribution in [0.3, 0.4) is 0 Å². The van der Waals surface area contributed by atoms with Crippen LogP contribution in [-0.2, 0) is 18.9 Å². The van der Waals surface area contributed by atoms with Gasteiger partial charge in [0.05, 0.1) is 37.1 Å². The highest BCUT2D eigenvalue weighted by Crippen LogP contribution is 2.04. The Bertz CT molecular complexity index is 448. The van der Waals surface area contributed by atoms with E-state index in [2.05, 4.69) is 6.92 Å². The van der Waals surface area contributed by atoms with Gasteiger partial charge in [-0.3, -0.25) is 0 Å². The zero-order valence-corrected chi connectivity index (χ0v) is 15.2. The summed E-state index contributed by atoms with van der Waals surface area (Å²) in [7, 11) is 0. The average Bonchev–Trinajstić information content (AvgIpc) is 2.61. The van der Waals surface area contributed by atoms with Gasteiger partial charge >= 0.3 is 5.97 Å². The quantitative estimate of drug-likeness (QED) is 0.546. The third-order valence-corrected chi connectivity index (χ3v) is 3.30. The molecule has 3 unspecified atom stereocenters. The van der Waals surface area contributed by atoms with Crippen LogP contribution in [0.1, 0.15) is 44.5 Å². The van der Waals surface area contributed by atoms with Gasteiger partial charge in [0.25, 0.3) is 0 Å². The Morgan fingerprint density at radius 1 is 0.875 bits per heavy atom. The minimum atomic E-state index is -0.336. The molecule has 0 aliphatic rings. The predicted octanol–water partition coefficient (Wildman–Crippen LogP) is 3.47. The summed E-state index contributed by atoms with van der Waals surface area (Å²) >= 11 is 0. The van der Waals surface area contributed by atoms with E-state index in [1.165, 1.54) is 0 Å². The molecule has 1 aromatic rings. The zero-order chi connectivity index (χ0) is 17.8. The molecule has 0 radical (unpaired) electrons. The summed E-state index contributed by atoms with van der Waals surface area (Å²) in [5.74, 6) is -0.336. The smallest absolute Gasteiger partial charge is 0.338 e. The third kappa shape index (κ3) is 9.01. The number of hydrogen-bond acceptors (Lipinski definition) is 5. The van der Waals surface area contributed by atoms with Crippen molar-refractivity contribution >= 4 is 5.97 Å². The Morgan fingerprint density at radius 3 is 2.00 bits per heavy atom. The number of rotatable bonds is 12. The summed E-state index contributed by atoms with van der Waals surface area (Å²) in [5.41, 5.74) is 0.544. The van der Waals surface area contributed by atoms with Gasteiger partial charge in [-0.2, -0.15) is 0 Å². The van der Waals surface area contributed by atoms with Gasteiger partial charge in [-0.25, -0.2) is 4.79 Å². The van der Waals surface area contributed by atoms with Crippen LogP contribution >= 0.6 is 0 Å². The van der Waals surface area contributed by atoms with Gasteiger partial charge in [-0.1, -0.05) is 25.1 Å². The van der Waals surface area contributed by atoms with Crippen molar-refractivity contribution in [1.29, 1.82) is 0 Å². The second-order valence-corrected chi connectivity index (χ2v) is 5.93. The van der Waals surface area contributed by atoms with Crippen molar-refractivity contribution in [1.82, 2.24) is 0 Å². The topological polar surface area (TPSA) is 54.0 Å².